The zero-order valence-electron chi connectivity index (χ0n) is 11.1. The minimum atomic E-state index is -0.575. The molecule has 0 aromatic heterocycles. The summed E-state index contributed by atoms with van der Waals surface area (Å²) >= 11 is 0. The van der Waals surface area contributed by atoms with Gasteiger partial charge in [-0.25, -0.2) is 4.79 Å². The Kier molecular flexibility index (Phi) is 8.65. The highest BCUT2D eigenvalue weighted by atomic mass is 16.6. The van der Waals surface area contributed by atoms with E-state index in [9.17, 15) is 4.79 Å². The van der Waals surface area contributed by atoms with Gasteiger partial charge in [-0.2, -0.15) is 0 Å². The third-order valence-corrected chi connectivity index (χ3v) is 1.83. The average Bonchev–Trinajstić information content (AvgIpc) is 2.23. The lowest BCUT2D eigenvalue weighted by atomic mass is 10.2. The maximum absolute atomic E-state index is 11.5. The van der Waals surface area contributed by atoms with E-state index in [-0.39, 0.29) is 26.0 Å². The molecule has 0 rings (SSSR count). The van der Waals surface area contributed by atoms with Crippen molar-refractivity contribution in [2.45, 2.75) is 38.8 Å². The number of aliphatic hydroxyl groups excluding tert-OH is 2. The number of alkyl carbamates (subject to hydrolysis) is 1. The molecule has 0 heterocycles. The number of hydrogen-bond donors (Lipinski definition) is 3. The second-order valence-corrected chi connectivity index (χ2v) is 4.67. The summed E-state index contributed by atoms with van der Waals surface area (Å²) in [6.07, 6.45) is -0.113. The third-order valence-electron chi connectivity index (χ3n) is 1.83. The van der Waals surface area contributed by atoms with Gasteiger partial charge in [-0.15, -0.1) is 0 Å². The molecule has 0 aromatic rings. The Morgan fingerprint density at radius 1 is 1.22 bits per heavy atom. The molecule has 0 spiro atoms. The number of aliphatic hydroxyl groups is 2. The molecule has 7 heteroatoms. The number of carbonyl (C=O) groups is 1. The molecular weight excluding hydrogens is 242 g/mol. The van der Waals surface area contributed by atoms with Crippen LogP contribution >= 0.6 is 0 Å². The lowest BCUT2D eigenvalue weighted by molar-refractivity contribution is -0.0288. The molecule has 1 atom stereocenters. The van der Waals surface area contributed by atoms with E-state index in [1.165, 1.54) is 0 Å². The maximum Gasteiger partial charge on any atom is 0.407 e. The zero-order valence-corrected chi connectivity index (χ0v) is 11.1. The van der Waals surface area contributed by atoms with E-state index < -0.39 is 18.5 Å². The van der Waals surface area contributed by atoms with Crippen LogP contribution in [0.15, 0.2) is 0 Å². The first kappa shape index (κ1) is 17.1. The maximum atomic E-state index is 11.5. The van der Waals surface area contributed by atoms with Crippen LogP contribution in [0.5, 0.6) is 0 Å². The van der Waals surface area contributed by atoms with Gasteiger partial charge < -0.3 is 29.7 Å². The van der Waals surface area contributed by atoms with Crippen LogP contribution in [0.1, 0.15) is 27.2 Å². The first-order valence-electron chi connectivity index (χ1n) is 5.75. The molecule has 0 radical (unpaired) electrons. The smallest absolute Gasteiger partial charge is 0.407 e. The van der Waals surface area contributed by atoms with E-state index >= 15 is 0 Å². The quantitative estimate of drug-likeness (QED) is 0.428. The van der Waals surface area contributed by atoms with Gasteiger partial charge in [-0.3, -0.25) is 0 Å². The summed E-state index contributed by atoms with van der Waals surface area (Å²) in [6, 6.07) is -0.349. The van der Waals surface area contributed by atoms with Crippen molar-refractivity contribution in [2.24, 2.45) is 0 Å². The van der Waals surface area contributed by atoms with Crippen LogP contribution in [0.3, 0.4) is 0 Å². The van der Waals surface area contributed by atoms with Gasteiger partial charge in [0.15, 0.2) is 0 Å². The van der Waals surface area contributed by atoms with Crippen LogP contribution in [0, 0.1) is 0 Å². The summed E-state index contributed by atoms with van der Waals surface area (Å²) in [5.74, 6) is 0. The van der Waals surface area contributed by atoms with E-state index in [4.69, 9.17) is 24.4 Å². The first-order chi connectivity index (χ1) is 8.39. The summed E-state index contributed by atoms with van der Waals surface area (Å²) in [4.78, 5) is 11.5. The van der Waals surface area contributed by atoms with Crippen molar-refractivity contribution < 1.29 is 29.2 Å². The number of amides is 1. The zero-order chi connectivity index (χ0) is 14.0. The summed E-state index contributed by atoms with van der Waals surface area (Å²) in [5, 5.41) is 19.7. The predicted molar refractivity (Wildman–Crippen MR) is 63.9 cm³/mol. The third kappa shape index (κ3) is 10.3. The molecule has 0 saturated carbocycles. The Hall–Kier alpha value is -0.890. The van der Waals surface area contributed by atoms with Crippen LogP contribution in [0.2, 0.25) is 0 Å². The van der Waals surface area contributed by atoms with Crippen molar-refractivity contribution in [1.29, 1.82) is 0 Å². The Labute approximate surface area is 107 Å². The minimum absolute atomic E-state index is 0.143. The molecule has 1 unspecified atom stereocenters. The van der Waals surface area contributed by atoms with Gasteiger partial charge in [0.05, 0.1) is 19.3 Å². The standard InChI is InChI=1S/C11H23NO6/c1-11(2,3)18-10(15)12-9(6-17-8-14)4-5-16-7-13/h9,13-14H,4-8H2,1-3H3,(H,12,15). The molecule has 18 heavy (non-hydrogen) atoms. The number of carbonyl (C=O) groups excluding carboxylic acids is 1. The fraction of sp³-hybridized carbons (Fsp3) is 0.909. The van der Waals surface area contributed by atoms with E-state index in [1.54, 1.807) is 20.8 Å². The van der Waals surface area contributed by atoms with Gasteiger partial charge in [0.1, 0.15) is 19.2 Å². The molecule has 1 amide bonds. The summed E-state index contributed by atoms with van der Waals surface area (Å²) in [7, 11) is 0. The van der Waals surface area contributed by atoms with E-state index in [1.807, 2.05) is 0 Å². The molecule has 0 aliphatic rings. The van der Waals surface area contributed by atoms with Crippen molar-refractivity contribution >= 4 is 6.09 Å². The molecule has 0 aliphatic heterocycles. The van der Waals surface area contributed by atoms with Crippen LogP contribution in [-0.4, -0.2) is 54.7 Å². The van der Waals surface area contributed by atoms with Gasteiger partial charge in [-0.1, -0.05) is 0 Å². The lowest BCUT2D eigenvalue weighted by Crippen LogP contribution is -2.42. The highest BCUT2D eigenvalue weighted by molar-refractivity contribution is 5.68. The number of hydrogen-bond acceptors (Lipinski definition) is 6. The van der Waals surface area contributed by atoms with E-state index in [0.717, 1.165) is 0 Å². The van der Waals surface area contributed by atoms with E-state index in [2.05, 4.69) is 5.32 Å². The number of nitrogens with one attached hydrogen (secondary N) is 1. The Balaban J connectivity index is 4.08. The van der Waals surface area contributed by atoms with Crippen molar-refractivity contribution in [3.05, 3.63) is 0 Å². The van der Waals surface area contributed by atoms with Crippen molar-refractivity contribution in [3.8, 4) is 0 Å². The molecule has 0 fully saturated rings. The molecule has 108 valence electrons. The summed E-state index contributed by atoms with van der Waals surface area (Å²) in [6.45, 7) is 4.91. The summed E-state index contributed by atoms with van der Waals surface area (Å²) < 4.78 is 14.7. The van der Waals surface area contributed by atoms with Gasteiger partial charge in [-0.05, 0) is 27.2 Å². The van der Waals surface area contributed by atoms with Crippen molar-refractivity contribution in [2.75, 3.05) is 26.8 Å². The molecule has 3 N–H and O–H groups in total. The van der Waals surface area contributed by atoms with Crippen LogP contribution in [0.4, 0.5) is 4.79 Å². The highest BCUT2D eigenvalue weighted by Gasteiger charge is 2.19. The van der Waals surface area contributed by atoms with Gasteiger partial charge in [0, 0.05) is 0 Å². The van der Waals surface area contributed by atoms with Crippen LogP contribution in [-0.2, 0) is 14.2 Å². The van der Waals surface area contributed by atoms with Gasteiger partial charge in [0.2, 0.25) is 0 Å². The van der Waals surface area contributed by atoms with Crippen molar-refractivity contribution in [1.82, 2.24) is 5.32 Å². The fourth-order valence-corrected chi connectivity index (χ4v) is 1.16. The topological polar surface area (TPSA) is 97.3 Å². The number of rotatable bonds is 8. The highest BCUT2D eigenvalue weighted by Crippen LogP contribution is 2.07. The molecular formula is C11H23NO6. The van der Waals surface area contributed by atoms with Gasteiger partial charge >= 0.3 is 6.09 Å². The first-order valence-corrected chi connectivity index (χ1v) is 5.75. The largest absolute Gasteiger partial charge is 0.444 e. The SMILES string of the molecule is CC(C)(C)OC(=O)NC(CCOCO)COCO. The Morgan fingerprint density at radius 2 is 1.83 bits per heavy atom. The molecule has 7 nitrogen and oxygen atoms in total. The monoisotopic (exact) mass is 265 g/mol. The minimum Gasteiger partial charge on any atom is -0.444 e. The van der Waals surface area contributed by atoms with Crippen molar-refractivity contribution in [3.63, 3.8) is 0 Å². The fourth-order valence-electron chi connectivity index (χ4n) is 1.16. The Bertz CT molecular complexity index is 228. The van der Waals surface area contributed by atoms with Gasteiger partial charge in [0.25, 0.3) is 0 Å². The molecule has 0 bridgehead atoms. The lowest BCUT2D eigenvalue weighted by Gasteiger charge is -2.23. The molecule has 0 aromatic carbocycles. The normalized spacial score (nSPS) is 13.2. The summed E-state index contributed by atoms with van der Waals surface area (Å²) in [5.41, 5.74) is -0.575. The second kappa shape index (κ2) is 9.09. The average molecular weight is 265 g/mol. The Morgan fingerprint density at radius 3 is 2.33 bits per heavy atom. The number of ether oxygens (including phenoxy) is 3. The van der Waals surface area contributed by atoms with Crippen LogP contribution < -0.4 is 5.32 Å². The predicted octanol–water partition coefficient (Wildman–Crippen LogP) is 0.203. The second-order valence-electron chi connectivity index (χ2n) is 4.67. The van der Waals surface area contributed by atoms with Crippen LogP contribution in [0.25, 0.3) is 0 Å². The molecule has 0 saturated heterocycles. The van der Waals surface area contributed by atoms with E-state index in [0.29, 0.717) is 6.42 Å². The molecule has 0 aliphatic carbocycles.